The van der Waals surface area contributed by atoms with E-state index in [4.69, 9.17) is 9.47 Å². The third kappa shape index (κ3) is 2.82. The van der Waals surface area contributed by atoms with Crippen LogP contribution in [0, 0.1) is 0 Å². The Balaban J connectivity index is 1.76. The van der Waals surface area contributed by atoms with Gasteiger partial charge >= 0.3 is 0 Å². The lowest BCUT2D eigenvalue weighted by molar-refractivity contribution is -0.219. The highest BCUT2D eigenvalue weighted by atomic mass is 16.7. The molecule has 2 atom stereocenters. The van der Waals surface area contributed by atoms with Crippen molar-refractivity contribution in [2.24, 2.45) is 0 Å². The van der Waals surface area contributed by atoms with E-state index in [2.05, 4.69) is 18.7 Å². The molecule has 2 heteroatoms. The SMILES string of the molecule is C=Cc1ccc(C2OCCC(c3ccccc3)O2)cc1. The lowest BCUT2D eigenvalue weighted by Crippen LogP contribution is -2.21. The molecule has 0 aliphatic carbocycles. The first kappa shape index (κ1) is 13.1. The van der Waals surface area contributed by atoms with Crippen LogP contribution in [0.2, 0.25) is 0 Å². The van der Waals surface area contributed by atoms with Crippen molar-refractivity contribution >= 4 is 6.08 Å². The minimum absolute atomic E-state index is 0.106. The predicted molar refractivity (Wildman–Crippen MR) is 80.1 cm³/mol. The molecule has 0 amide bonds. The monoisotopic (exact) mass is 266 g/mol. The fraction of sp³-hybridized carbons (Fsp3) is 0.222. The van der Waals surface area contributed by atoms with E-state index in [0.29, 0.717) is 6.61 Å². The summed E-state index contributed by atoms with van der Waals surface area (Å²) in [5.74, 6) is 0. The third-order valence-electron chi connectivity index (χ3n) is 3.55. The number of benzene rings is 2. The van der Waals surface area contributed by atoms with Gasteiger partial charge in [-0.05, 0) is 11.1 Å². The molecule has 1 saturated heterocycles. The maximum Gasteiger partial charge on any atom is 0.184 e. The van der Waals surface area contributed by atoms with Gasteiger partial charge in [0.05, 0.1) is 12.7 Å². The summed E-state index contributed by atoms with van der Waals surface area (Å²) in [6, 6.07) is 18.5. The molecule has 0 saturated carbocycles. The van der Waals surface area contributed by atoms with E-state index in [0.717, 1.165) is 17.5 Å². The van der Waals surface area contributed by atoms with Crippen molar-refractivity contribution in [3.05, 3.63) is 77.9 Å². The van der Waals surface area contributed by atoms with E-state index >= 15 is 0 Å². The second kappa shape index (κ2) is 6.04. The molecule has 20 heavy (non-hydrogen) atoms. The molecular weight excluding hydrogens is 248 g/mol. The summed E-state index contributed by atoms with van der Waals surface area (Å²) in [5.41, 5.74) is 3.36. The molecule has 0 aromatic heterocycles. The van der Waals surface area contributed by atoms with Gasteiger partial charge in [-0.15, -0.1) is 0 Å². The summed E-state index contributed by atoms with van der Waals surface area (Å²) in [6.45, 7) is 4.48. The average Bonchev–Trinajstić information content (AvgIpc) is 2.56. The molecule has 0 N–H and O–H groups in total. The second-order valence-electron chi connectivity index (χ2n) is 4.90. The Morgan fingerprint density at radius 3 is 2.40 bits per heavy atom. The van der Waals surface area contributed by atoms with Gasteiger partial charge in [0.2, 0.25) is 0 Å². The van der Waals surface area contributed by atoms with Crippen LogP contribution in [-0.2, 0) is 9.47 Å². The summed E-state index contributed by atoms with van der Waals surface area (Å²) >= 11 is 0. The zero-order chi connectivity index (χ0) is 13.8. The van der Waals surface area contributed by atoms with Crippen molar-refractivity contribution < 1.29 is 9.47 Å². The molecule has 1 aliphatic heterocycles. The van der Waals surface area contributed by atoms with Crippen molar-refractivity contribution in [2.75, 3.05) is 6.61 Å². The molecule has 2 aromatic rings. The first-order valence-corrected chi connectivity index (χ1v) is 6.91. The zero-order valence-corrected chi connectivity index (χ0v) is 11.4. The molecular formula is C18H18O2. The first-order chi connectivity index (χ1) is 9.86. The summed E-state index contributed by atoms with van der Waals surface area (Å²) in [4.78, 5) is 0. The maximum atomic E-state index is 6.08. The van der Waals surface area contributed by atoms with Crippen molar-refractivity contribution in [1.29, 1.82) is 0 Å². The Morgan fingerprint density at radius 2 is 1.70 bits per heavy atom. The van der Waals surface area contributed by atoms with Crippen LogP contribution in [0.3, 0.4) is 0 Å². The topological polar surface area (TPSA) is 18.5 Å². The fourth-order valence-corrected chi connectivity index (χ4v) is 2.42. The number of hydrogen-bond donors (Lipinski definition) is 0. The average molecular weight is 266 g/mol. The van der Waals surface area contributed by atoms with Gasteiger partial charge in [0.15, 0.2) is 6.29 Å². The van der Waals surface area contributed by atoms with Crippen molar-refractivity contribution in [1.82, 2.24) is 0 Å². The van der Waals surface area contributed by atoms with Crippen LogP contribution >= 0.6 is 0 Å². The fourth-order valence-electron chi connectivity index (χ4n) is 2.42. The van der Waals surface area contributed by atoms with Gasteiger partial charge < -0.3 is 9.47 Å². The van der Waals surface area contributed by atoms with Crippen LogP contribution in [-0.4, -0.2) is 6.61 Å². The largest absolute Gasteiger partial charge is 0.348 e. The normalized spacial score (nSPS) is 22.4. The lowest BCUT2D eigenvalue weighted by Gasteiger charge is -2.30. The molecule has 0 radical (unpaired) electrons. The van der Waals surface area contributed by atoms with Gasteiger partial charge in [0, 0.05) is 12.0 Å². The maximum absolute atomic E-state index is 6.08. The Labute approximate surface area is 119 Å². The molecule has 1 heterocycles. The lowest BCUT2D eigenvalue weighted by atomic mass is 10.1. The van der Waals surface area contributed by atoms with Crippen LogP contribution in [0.15, 0.2) is 61.2 Å². The number of hydrogen-bond acceptors (Lipinski definition) is 2. The summed E-state index contributed by atoms with van der Waals surface area (Å²) in [5, 5.41) is 0. The molecule has 2 unspecified atom stereocenters. The predicted octanol–water partition coefficient (Wildman–Crippen LogP) is 4.51. The van der Waals surface area contributed by atoms with Gasteiger partial charge in [-0.2, -0.15) is 0 Å². The van der Waals surface area contributed by atoms with Crippen LogP contribution in [0.1, 0.15) is 35.5 Å². The smallest absolute Gasteiger partial charge is 0.184 e. The van der Waals surface area contributed by atoms with Crippen LogP contribution in [0.4, 0.5) is 0 Å². The van der Waals surface area contributed by atoms with Gasteiger partial charge in [-0.3, -0.25) is 0 Å². The highest BCUT2D eigenvalue weighted by Gasteiger charge is 2.25. The molecule has 2 nitrogen and oxygen atoms in total. The highest BCUT2D eigenvalue weighted by molar-refractivity contribution is 5.47. The molecule has 1 aliphatic rings. The Hall–Kier alpha value is -1.90. The Bertz CT molecular complexity index is 560. The quantitative estimate of drug-likeness (QED) is 0.814. The Kier molecular flexibility index (Phi) is 3.95. The highest BCUT2D eigenvalue weighted by Crippen LogP contribution is 2.34. The van der Waals surface area contributed by atoms with Crippen molar-refractivity contribution in [3.63, 3.8) is 0 Å². The third-order valence-corrected chi connectivity index (χ3v) is 3.55. The second-order valence-corrected chi connectivity index (χ2v) is 4.90. The standard InChI is InChI=1S/C18H18O2/c1-2-14-8-10-16(11-9-14)18-19-13-12-17(20-18)15-6-4-3-5-7-15/h2-11,17-18H,1,12-13H2. The summed E-state index contributed by atoms with van der Waals surface area (Å²) in [6.07, 6.45) is 2.55. The van der Waals surface area contributed by atoms with Crippen molar-refractivity contribution in [2.45, 2.75) is 18.8 Å². The zero-order valence-electron chi connectivity index (χ0n) is 11.4. The molecule has 1 fully saturated rings. The molecule has 3 rings (SSSR count). The Morgan fingerprint density at radius 1 is 0.950 bits per heavy atom. The van der Waals surface area contributed by atoms with Gasteiger partial charge in [-0.1, -0.05) is 67.3 Å². The van der Waals surface area contributed by atoms with Gasteiger partial charge in [-0.25, -0.2) is 0 Å². The van der Waals surface area contributed by atoms with E-state index in [1.54, 1.807) is 0 Å². The van der Waals surface area contributed by atoms with E-state index in [-0.39, 0.29) is 12.4 Å². The van der Waals surface area contributed by atoms with Crippen molar-refractivity contribution in [3.8, 4) is 0 Å². The minimum atomic E-state index is -0.284. The molecule has 102 valence electrons. The van der Waals surface area contributed by atoms with E-state index < -0.39 is 0 Å². The first-order valence-electron chi connectivity index (χ1n) is 6.91. The molecule has 2 aromatic carbocycles. The van der Waals surface area contributed by atoms with E-state index in [9.17, 15) is 0 Å². The van der Waals surface area contributed by atoms with Gasteiger partial charge in [0.25, 0.3) is 0 Å². The molecule has 0 bridgehead atoms. The number of ether oxygens (including phenoxy) is 2. The van der Waals surface area contributed by atoms with E-state index in [1.165, 1.54) is 5.56 Å². The van der Waals surface area contributed by atoms with Gasteiger partial charge in [0.1, 0.15) is 0 Å². The van der Waals surface area contributed by atoms with Crippen LogP contribution < -0.4 is 0 Å². The van der Waals surface area contributed by atoms with E-state index in [1.807, 2.05) is 48.5 Å². The summed E-state index contributed by atoms with van der Waals surface area (Å²) < 4.78 is 11.8. The van der Waals surface area contributed by atoms with Crippen LogP contribution in [0.5, 0.6) is 0 Å². The van der Waals surface area contributed by atoms with Crippen LogP contribution in [0.25, 0.3) is 6.08 Å². The molecule has 0 spiro atoms. The summed E-state index contributed by atoms with van der Waals surface area (Å²) in [7, 11) is 0. The number of rotatable bonds is 3. The minimum Gasteiger partial charge on any atom is -0.348 e.